The minimum absolute atomic E-state index is 0.169. The number of benzene rings is 3. The first-order valence-corrected chi connectivity index (χ1v) is 9.90. The van der Waals surface area contributed by atoms with Gasteiger partial charge in [-0.25, -0.2) is 9.18 Å². The molecule has 1 aromatic heterocycles. The highest BCUT2D eigenvalue weighted by atomic mass is 32.1. The van der Waals surface area contributed by atoms with Crippen molar-refractivity contribution in [1.82, 2.24) is 0 Å². The number of thiophene rings is 1. The summed E-state index contributed by atoms with van der Waals surface area (Å²) in [6, 6.07) is 18.6. The van der Waals surface area contributed by atoms with Gasteiger partial charge >= 0.3 is 5.97 Å². The predicted molar refractivity (Wildman–Crippen MR) is 116 cm³/mol. The third-order valence-electron chi connectivity index (χ3n) is 4.45. The van der Waals surface area contributed by atoms with E-state index in [4.69, 9.17) is 4.74 Å². The largest absolute Gasteiger partial charge is 0.508 e. The van der Waals surface area contributed by atoms with Crippen molar-refractivity contribution >= 4 is 33.5 Å². The first-order chi connectivity index (χ1) is 14.5. The van der Waals surface area contributed by atoms with Gasteiger partial charge in [-0.3, -0.25) is 0 Å². The van der Waals surface area contributed by atoms with Crippen LogP contribution in [-0.4, -0.2) is 18.2 Å². The van der Waals surface area contributed by atoms with E-state index in [0.717, 1.165) is 26.1 Å². The van der Waals surface area contributed by atoms with Crippen LogP contribution in [0.25, 0.3) is 26.6 Å². The van der Waals surface area contributed by atoms with Crippen LogP contribution in [0.15, 0.2) is 72.8 Å². The lowest BCUT2D eigenvalue weighted by atomic mass is 10.1. The number of ether oxygens (including phenoxy) is 2. The van der Waals surface area contributed by atoms with Crippen LogP contribution in [-0.2, 0) is 9.53 Å². The summed E-state index contributed by atoms with van der Waals surface area (Å²) in [5.41, 5.74) is 1.65. The fraction of sp³-hybridized carbons (Fsp3) is 0.0417. The number of carbonyl (C=O) groups excluding carboxylic acids is 1. The third kappa shape index (κ3) is 4.18. The van der Waals surface area contributed by atoms with E-state index >= 15 is 0 Å². The van der Waals surface area contributed by atoms with Crippen LogP contribution in [0.4, 0.5) is 4.39 Å². The van der Waals surface area contributed by atoms with E-state index in [1.54, 1.807) is 48.5 Å². The lowest BCUT2D eigenvalue weighted by molar-refractivity contribution is -0.134. The molecule has 1 heterocycles. The summed E-state index contributed by atoms with van der Waals surface area (Å²) >= 11 is 1.46. The second-order valence-corrected chi connectivity index (χ2v) is 7.53. The fourth-order valence-corrected chi connectivity index (χ4v) is 4.12. The van der Waals surface area contributed by atoms with Crippen molar-refractivity contribution in [2.24, 2.45) is 0 Å². The Labute approximate surface area is 176 Å². The molecule has 0 amide bonds. The molecule has 0 aliphatic heterocycles. The SMILES string of the molecule is COC(=O)/C=C/c1ccc(Oc2c(-c3ccc(F)cc3)sc3cc(O)ccc23)cc1. The van der Waals surface area contributed by atoms with Gasteiger partial charge in [-0.15, -0.1) is 11.3 Å². The molecule has 4 nitrogen and oxygen atoms in total. The lowest BCUT2D eigenvalue weighted by Gasteiger charge is -2.09. The molecule has 1 N–H and O–H groups in total. The molecule has 0 aliphatic rings. The number of carbonyl (C=O) groups is 1. The van der Waals surface area contributed by atoms with E-state index in [1.165, 1.54) is 36.7 Å². The van der Waals surface area contributed by atoms with Gasteiger partial charge in [0.2, 0.25) is 0 Å². The second-order valence-electron chi connectivity index (χ2n) is 6.48. The molecule has 0 fully saturated rings. The Balaban J connectivity index is 1.71. The number of fused-ring (bicyclic) bond motifs is 1. The van der Waals surface area contributed by atoms with Gasteiger partial charge in [-0.1, -0.05) is 24.3 Å². The molecule has 3 aromatic carbocycles. The molecule has 4 aromatic rings. The van der Waals surface area contributed by atoms with Crippen LogP contribution >= 0.6 is 11.3 Å². The Bertz CT molecular complexity index is 1220. The van der Waals surface area contributed by atoms with Crippen molar-refractivity contribution < 1.29 is 23.8 Å². The Morgan fingerprint density at radius 2 is 1.77 bits per heavy atom. The van der Waals surface area contributed by atoms with Crippen molar-refractivity contribution in [3.8, 4) is 27.7 Å². The topological polar surface area (TPSA) is 55.8 Å². The van der Waals surface area contributed by atoms with Crippen LogP contribution in [0, 0.1) is 5.82 Å². The molecule has 4 rings (SSSR count). The Morgan fingerprint density at radius 3 is 2.47 bits per heavy atom. The first-order valence-electron chi connectivity index (χ1n) is 9.09. The zero-order chi connectivity index (χ0) is 21.1. The van der Waals surface area contributed by atoms with Crippen molar-refractivity contribution in [2.45, 2.75) is 0 Å². The minimum atomic E-state index is -0.424. The quantitative estimate of drug-likeness (QED) is 0.300. The second kappa shape index (κ2) is 8.39. The molecule has 0 atom stereocenters. The smallest absolute Gasteiger partial charge is 0.330 e. The average molecular weight is 420 g/mol. The van der Waals surface area contributed by atoms with Crippen molar-refractivity contribution in [3.05, 3.63) is 84.2 Å². The number of methoxy groups -OCH3 is 1. The highest BCUT2D eigenvalue weighted by molar-refractivity contribution is 7.22. The fourth-order valence-electron chi connectivity index (χ4n) is 2.95. The maximum atomic E-state index is 13.4. The predicted octanol–water partition coefficient (Wildman–Crippen LogP) is 6.39. The van der Waals surface area contributed by atoms with Crippen molar-refractivity contribution in [3.63, 3.8) is 0 Å². The third-order valence-corrected chi connectivity index (χ3v) is 5.63. The van der Waals surface area contributed by atoms with Gasteiger partial charge in [-0.05, 0) is 59.7 Å². The molecule has 30 heavy (non-hydrogen) atoms. The molecule has 0 saturated carbocycles. The van der Waals surface area contributed by atoms with Gasteiger partial charge in [0.15, 0.2) is 5.75 Å². The molecular weight excluding hydrogens is 403 g/mol. The van der Waals surface area contributed by atoms with Crippen LogP contribution < -0.4 is 4.74 Å². The van der Waals surface area contributed by atoms with Gasteiger partial charge in [0, 0.05) is 16.2 Å². The molecule has 150 valence electrons. The molecule has 0 saturated heterocycles. The molecule has 0 spiro atoms. The summed E-state index contributed by atoms with van der Waals surface area (Å²) in [5, 5.41) is 10.7. The number of rotatable bonds is 5. The number of aromatic hydroxyl groups is 1. The molecule has 0 aliphatic carbocycles. The van der Waals surface area contributed by atoms with E-state index in [-0.39, 0.29) is 11.6 Å². The maximum Gasteiger partial charge on any atom is 0.330 e. The van der Waals surface area contributed by atoms with Crippen LogP contribution in [0.2, 0.25) is 0 Å². The van der Waals surface area contributed by atoms with Gasteiger partial charge in [0.05, 0.1) is 12.0 Å². The number of hydrogen-bond donors (Lipinski definition) is 1. The zero-order valence-electron chi connectivity index (χ0n) is 16.0. The van der Waals surface area contributed by atoms with E-state index in [1.807, 2.05) is 12.1 Å². The summed E-state index contributed by atoms with van der Waals surface area (Å²) in [4.78, 5) is 12.1. The standard InChI is InChI=1S/C24H17FO4S/c1-28-22(27)13-4-15-2-10-19(11-3-15)29-23-20-12-9-18(26)14-21(20)30-24(23)16-5-7-17(25)8-6-16/h2-14,26H,1H3/b13-4+. The van der Waals surface area contributed by atoms with Crippen LogP contribution in [0.1, 0.15) is 5.56 Å². The van der Waals surface area contributed by atoms with E-state index < -0.39 is 5.97 Å². The highest BCUT2D eigenvalue weighted by Crippen LogP contribution is 2.47. The summed E-state index contributed by atoms with van der Waals surface area (Å²) in [6.07, 6.45) is 3.00. The number of halogens is 1. The van der Waals surface area contributed by atoms with Gasteiger partial charge < -0.3 is 14.6 Å². The van der Waals surface area contributed by atoms with E-state index in [0.29, 0.717) is 11.5 Å². The maximum absolute atomic E-state index is 13.4. The number of phenolic OH excluding ortho intramolecular Hbond substituents is 1. The number of phenols is 1. The lowest BCUT2D eigenvalue weighted by Crippen LogP contribution is -1.93. The molecule has 0 unspecified atom stereocenters. The van der Waals surface area contributed by atoms with E-state index in [9.17, 15) is 14.3 Å². The minimum Gasteiger partial charge on any atom is -0.508 e. The Morgan fingerprint density at radius 1 is 1.03 bits per heavy atom. The monoisotopic (exact) mass is 420 g/mol. The molecular formula is C24H17FO4S. The van der Waals surface area contributed by atoms with Gasteiger partial charge in [-0.2, -0.15) is 0 Å². The van der Waals surface area contributed by atoms with Crippen LogP contribution in [0.3, 0.4) is 0 Å². The summed E-state index contributed by atoms with van der Waals surface area (Å²) in [6.45, 7) is 0. The molecule has 0 bridgehead atoms. The number of hydrogen-bond acceptors (Lipinski definition) is 5. The van der Waals surface area contributed by atoms with Crippen LogP contribution in [0.5, 0.6) is 17.2 Å². The normalized spacial score (nSPS) is 11.1. The Kier molecular flexibility index (Phi) is 5.50. The first kappa shape index (κ1) is 19.7. The molecule has 0 radical (unpaired) electrons. The summed E-state index contributed by atoms with van der Waals surface area (Å²) < 4.78 is 25.0. The molecule has 6 heteroatoms. The summed E-state index contributed by atoms with van der Waals surface area (Å²) in [5.74, 6) is 0.686. The van der Waals surface area contributed by atoms with Crippen molar-refractivity contribution in [2.75, 3.05) is 7.11 Å². The zero-order valence-corrected chi connectivity index (χ0v) is 16.8. The Hall–Kier alpha value is -3.64. The highest BCUT2D eigenvalue weighted by Gasteiger charge is 2.17. The van der Waals surface area contributed by atoms with Gasteiger partial charge in [0.25, 0.3) is 0 Å². The number of esters is 1. The average Bonchev–Trinajstić information content (AvgIpc) is 3.10. The van der Waals surface area contributed by atoms with Crippen molar-refractivity contribution in [1.29, 1.82) is 0 Å². The van der Waals surface area contributed by atoms with Gasteiger partial charge in [0.1, 0.15) is 17.3 Å². The van der Waals surface area contributed by atoms with E-state index in [2.05, 4.69) is 4.74 Å². The summed E-state index contributed by atoms with van der Waals surface area (Å²) in [7, 11) is 1.33.